The summed E-state index contributed by atoms with van der Waals surface area (Å²) in [4.78, 5) is 28.3. The van der Waals surface area contributed by atoms with E-state index < -0.39 is 17.2 Å². The number of anilines is 1. The van der Waals surface area contributed by atoms with Crippen molar-refractivity contribution in [1.29, 1.82) is 0 Å². The molecule has 156 valence electrons. The van der Waals surface area contributed by atoms with Crippen molar-refractivity contribution < 1.29 is 19.4 Å². The molecule has 1 saturated heterocycles. The lowest BCUT2D eigenvalue weighted by atomic mass is 10.1. The van der Waals surface area contributed by atoms with Gasteiger partial charge in [-0.1, -0.05) is 0 Å². The number of carboxylic acid groups (broad SMARTS) is 1. The van der Waals surface area contributed by atoms with Crippen LogP contribution in [0.25, 0.3) is 10.9 Å². The van der Waals surface area contributed by atoms with Gasteiger partial charge in [-0.15, -0.1) is 0 Å². The van der Waals surface area contributed by atoms with Crippen LogP contribution in [0, 0.1) is 5.82 Å². The Labute approximate surface area is 168 Å². The minimum Gasteiger partial charge on any atom is -0.477 e. The van der Waals surface area contributed by atoms with Crippen LogP contribution in [-0.2, 0) is 0 Å². The van der Waals surface area contributed by atoms with Gasteiger partial charge < -0.3 is 19.7 Å². The summed E-state index contributed by atoms with van der Waals surface area (Å²) >= 11 is 0. The van der Waals surface area contributed by atoms with Crippen LogP contribution in [0.3, 0.4) is 0 Å². The molecule has 8 heteroatoms. The zero-order valence-electron chi connectivity index (χ0n) is 16.5. The van der Waals surface area contributed by atoms with E-state index in [1.165, 1.54) is 12.3 Å². The third-order valence-corrected chi connectivity index (χ3v) is 5.98. The summed E-state index contributed by atoms with van der Waals surface area (Å²) in [6.07, 6.45) is 3.96. The maximum atomic E-state index is 15.0. The van der Waals surface area contributed by atoms with Gasteiger partial charge in [0.2, 0.25) is 5.43 Å². The molecule has 4 rings (SSSR count). The summed E-state index contributed by atoms with van der Waals surface area (Å²) in [5.41, 5.74) is 0.0806. The molecule has 0 radical (unpaired) electrons. The molecule has 2 N–H and O–H groups in total. The Morgan fingerprint density at radius 1 is 1.28 bits per heavy atom. The molecule has 7 nitrogen and oxygen atoms in total. The van der Waals surface area contributed by atoms with Gasteiger partial charge in [-0.25, -0.2) is 9.18 Å². The lowest BCUT2D eigenvalue weighted by Gasteiger charge is -2.41. The van der Waals surface area contributed by atoms with Crippen molar-refractivity contribution in [2.24, 2.45) is 0 Å². The van der Waals surface area contributed by atoms with Gasteiger partial charge in [-0.3, -0.25) is 9.69 Å². The van der Waals surface area contributed by atoms with Crippen LogP contribution < -0.4 is 10.3 Å². The number of aromatic carboxylic acids is 1. The zero-order valence-corrected chi connectivity index (χ0v) is 16.5. The van der Waals surface area contributed by atoms with Gasteiger partial charge in [0.1, 0.15) is 11.4 Å². The van der Waals surface area contributed by atoms with E-state index in [0.717, 1.165) is 25.9 Å². The largest absolute Gasteiger partial charge is 0.477 e. The number of aliphatic hydroxyl groups is 1. The highest BCUT2D eigenvalue weighted by Gasteiger charge is 2.29. The second kappa shape index (κ2) is 7.76. The minimum absolute atomic E-state index is 0.118. The molecule has 1 aromatic carbocycles. The number of benzene rings is 1. The smallest absolute Gasteiger partial charge is 0.341 e. The van der Waals surface area contributed by atoms with E-state index in [0.29, 0.717) is 30.7 Å². The number of nitrogens with zero attached hydrogens (tertiary/aromatic N) is 3. The van der Waals surface area contributed by atoms with E-state index in [-0.39, 0.29) is 29.6 Å². The maximum Gasteiger partial charge on any atom is 0.341 e. The molecular formula is C21H26FN3O4. The standard InChI is InChI=1S/C21H26FN3O4/c1-13-11-24(7-6-23(13)5-2-8-26)19-10-18-15(9-17(19)22)20(27)16(21(28)29)12-25(18)14-3-4-14/h9-10,12-14,26H,2-8,11H2,1H3,(H,28,29). The molecule has 0 bridgehead atoms. The predicted octanol–water partition coefficient (Wildman–Crippen LogP) is 2.07. The Morgan fingerprint density at radius 2 is 2.03 bits per heavy atom. The maximum absolute atomic E-state index is 15.0. The number of aliphatic hydroxyl groups excluding tert-OH is 1. The first-order valence-corrected chi connectivity index (χ1v) is 10.1. The number of carbonyl (C=O) groups is 1. The highest BCUT2D eigenvalue weighted by atomic mass is 19.1. The first-order chi connectivity index (χ1) is 13.9. The topological polar surface area (TPSA) is 86.0 Å². The first kappa shape index (κ1) is 19.8. The van der Waals surface area contributed by atoms with E-state index in [9.17, 15) is 14.7 Å². The molecule has 1 aromatic heterocycles. The molecule has 2 heterocycles. The average molecular weight is 403 g/mol. The SMILES string of the molecule is CC1CN(c2cc3c(cc2F)c(=O)c(C(=O)O)cn3C2CC2)CCN1CCCO. The highest BCUT2D eigenvalue weighted by Crippen LogP contribution is 2.38. The number of fused-ring (bicyclic) bond motifs is 1. The molecule has 1 aliphatic heterocycles. The lowest BCUT2D eigenvalue weighted by Crippen LogP contribution is -2.52. The summed E-state index contributed by atoms with van der Waals surface area (Å²) in [7, 11) is 0. The summed E-state index contributed by atoms with van der Waals surface area (Å²) in [6.45, 7) is 5.12. The minimum atomic E-state index is -1.29. The summed E-state index contributed by atoms with van der Waals surface area (Å²) in [5.74, 6) is -1.79. The summed E-state index contributed by atoms with van der Waals surface area (Å²) < 4.78 is 16.8. The second-order valence-corrected chi connectivity index (χ2v) is 8.04. The second-order valence-electron chi connectivity index (χ2n) is 8.04. The van der Waals surface area contributed by atoms with Crippen molar-refractivity contribution in [3.8, 4) is 0 Å². The number of pyridine rings is 1. The van der Waals surface area contributed by atoms with Crippen molar-refractivity contribution in [3.63, 3.8) is 0 Å². The van der Waals surface area contributed by atoms with Crippen LogP contribution >= 0.6 is 0 Å². The van der Waals surface area contributed by atoms with Crippen molar-refractivity contribution in [2.75, 3.05) is 37.7 Å². The molecule has 2 aliphatic rings. The van der Waals surface area contributed by atoms with Gasteiger partial charge in [0.15, 0.2) is 0 Å². The van der Waals surface area contributed by atoms with Crippen molar-refractivity contribution in [1.82, 2.24) is 9.47 Å². The van der Waals surface area contributed by atoms with Gasteiger partial charge in [-0.05, 0) is 38.3 Å². The van der Waals surface area contributed by atoms with E-state index >= 15 is 4.39 Å². The third kappa shape index (κ3) is 3.74. The van der Waals surface area contributed by atoms with E-state index in [1.807, 2.05) is 9.47 Å². The molecule has 2 fully saturated rings. The van der Waals surface area contributed by atoms with Gasteiger partial charge in [0.25, 0.3) is 0 Å². The molecule has 29 heavy (non-hydrogen) atoms. The molecule has 1 saturated carbocycles. The van der Waals surface area contributed by atoms with Crippen LogP contribution in [0.2, 0.25) is 0 Å². The Balaban J connectivity index is 1.73. The molecular weight excluding hydrogens is 377 g/mol. The molecule has 1 atom stereocenters. The number of rotatable bonds is 6. The fourth-order valence-electron chi connectivity index (χ4n) is 4.23. The van der Waals surface area contributed by atoms with Gasteiger partial charge in [0.05, 0.1) is 11.2 Å². The number of piperazine rings is 1. The van der Waals surface area contributed by atoms with Crippen molar-refractivity contribution >= 4 is 22.6 Å². The number of carboxylic acids is 1. The van der Waals surface area contributed by atoms with Gasteiger partial charge >= 0.3 is 5.97 Å². The van der Waals surface area contributed by atoms with E-state index in [1.54, 1.807) is 6.07 Å². The Kier molecular flexibility index (Phi) is 5.31. The predicted molar refractivity (Wildman–Crippen MR) is 108 cm³/mol. The van der Waals surface area contributed by atoms with E-state index in [4.69, 9.17) is 5.11 Å². The summed E-state index contributed by atoms with van der Waals surface area (Å²) in [5, 5.41) is 18.5. The normalized spacial score (nSPS) is 20.4. The molecule has 2 aromatic rings. The summed E-state index contributed by atoms with van der Waals surface area (Å²) in [6, 6.07) is 3.27. The van der Waals surface area contributed by atoms with E-state index in [2.05, 4.69) is 11.8 Å². The number of hydrogen-bond acceptors (Lipinski definition) is 5. The fourth-order valence-corrected chi connectivity index (χ4v) is 4.23. The lowest BCUT2D eigenvalue weighted by molar-refractivity contribution is 0.0695. The van der Waals surface area contributed by atoms with Gasteiger partial charge in [0, 0.05) is 56.5 Å². The highest BCUT2D eigenvalue weighted by molar-refractivity contribution is 5.93. The molecule has 0 spiro atoms. The molecule has 0 amide bonds. The Morgan fingerprint density at radius 3 is 2.66 bits per heavy atom. The molecule has 1 unspecified atom stereocenters. The number of hydrogen-bond donors (Lipinski definition) is 2. The van der Waals surface area contributed by atoms with Crippen LogP contribution in [0.1, 0.15) is 42.6 Å². The third-order valence-electron chi connectivity index (χ3n) is 5.98. The zero-order chi connectivity index (χ0) is 20.7. The quantitative estimate of drug-likeness (QED) is 0.768. The average Bonchev–Trinajstić information content (AvgIpc) is 3.52. The number of aromatic nitrogens is 1. The Bertz CT molecular complexity index is 1000. The van der Waals surface area contributed by atoms with Gasteiger partial charge in [-0.2, -0.15) is 0 Å². The van der Waals surface area contributed by atoms with Crippen LogP contribution in [-0.4, -0.2) is 64.5 Å². The van der Waals surface area contributed by atoms with Crippen molar-refractivity contribution in [2.45, 2.75) is 38.3 Å². The monoisotopic (exact) mass is 403 g/mol. The van der Waals surface area contributed by atoms with Crippen LogP contribution in [0.4, 0.5) is 10.1 Å². The first-order valence-electron chi connectivity index (χ1n) is 10.1. The fraction of sp³-hybridized carbons (Fsp3) is 0.524. The van der Waals surface area contributed by atoms with Crippen molar-refractivity contribution in [3.05, 3.63) is 39.9 Å². The van der Waals surface area contributed by atoms with Crippen LogP contribution in [0.5, 0.6) is 0 Å². The number of halogens is 1. The Hall–Kier alpha value is -2.45. The molecule has 1 aliphatic carbocycles. The van der Waals surface area contributed by atoms with Crippen LogP contribution in [0.15, 0.2) is 23.1 Å².